The molecular formula is C19H12BF6NO2. The molecule has 0 unspecified atom stereocenters. The van der Waals surface area contributed by atoms with Gasteiger partial charge in [-0.3, -0.25) is 4.98 Å². The Labute approximate surface area is 161 Å². The third-order valence-electron chi connectivity index (χ3n) is 4.25. The first-order chi connectivity index (χ1) is 13.5. The number of alkyl halides is 6. The topological polar surface area (TPSA) is 53.4 Å². The van der Waals surface area contributed by atoms with E-state index in [1.54, 1.807) is 0 Å². The molecule has 0 saturated carbocycles. The van der Waals surface area contributed by atoms with Crippen LogP contribution in [0.2, 0.25) is 0 Å². The molecule has 0 spiro atoms. The predicted octanol–water partition coefficient (Wildman–Crippen LogP) is 4.13. The summed E-state index contributed by atoms with van der Waals surface area (Å²) in [6, 6.07) is 8.07. The Morgan fingerprint density at radius 3 is 1.76 bits per heavy atom. The van der Waals surface area contributed by atoms with Gasteiger partial charge in [0, 0.05) is 23.5 Å². The van der Waals surface area contributed by atoms with Crippen molar-refractivity contribution in [1.29, 1.82) is 0 Å². The van der Waals surface area contributed by atoms with E-state index in [-0.39, 0.29) is 16.6 Å². The fourth-order valence-corrected chi connectivity index (χ4v) is 2.80. The van der Waals surface area contributed by atoms with Crippen LogP contribution in [0.15, 0.2) is 60.9 Å². The lowest BCUT2D eigenvalue weighted by atomic mass is 9.75. The van der Waals surface area contributed by atoms with Crippen LogP contribution in [0.4, 0.5) is 26.3 Å². The molecule has 3 nitrogen and oxygen atoms in total. The predicted molar refractivity (Wildman–Crippen MR) is 94.9 cm³/mol. The van der Waals surface area contributed by atoms with Crippen molar-refractivity contribution in [2.45, 2.75) is 12.4 Å². The molecule has 3 rings (SSSR count). The maximum Gasteiger partial charge on any atom is 0.489 e. The summed E-state index contributed by atoms with van der Waals surface area (Å²) in [6.45, 7) is 0. The molecule has 0 fully saturated rings. The highest BCUT2D eigenvalue weighted by molar-refractivity contribution is 6.60. The quantitative estimate of drug-likeness (QED) is 0.504. The summed E-state index contributed by atoms with van der Waals surface area (Å²) in [5.74, 6) is 0. The molecule has 0 aliphatic heterocycles. The Bertz CT molecular complexity index is 1020. The van der Waals surface area contributed by atoms with Crippen molar-refractivity contribution in [3.63, 3.8) is 0 Å². The average molecular weight is 411 g/mol. The molecule has 0 aliphatic carbocycles. The number of aromatic nitrogens is 1. The Kier molecular flexibility index (Phi) is 5.42. The van der Waals surface area contributed by atoms with Gasteiger partial charge in [0.1, 0.15) is 0 Å². The highest BCUT2D eigenvalue weighted by Crippen LogP contribution is 2.34. The monoisotopic (exact) mass is 411 g/mol. The lowest BCUT2D eigenvalue weighted by molar-refractivity contribution is -0.138. The molecule has 0 bridgehead atoms. The standard InChI is InChI=1S/C19H12BF6NO2/c21-18(22,23)14-3-1-11(2-4-14)12-7-13(10-27-9-12)16-8-15(19(24,25)26)5-6-17(16)20(28)29/h1-10,28-29H. The summed E-state index contributed by atoms with van der Waals surface area (Å²) in [7, 11) is -2.03. The zero-order chi connectivity index (χ0) is 21.4. The van der Waals surface area contributed by atoms with Crippen molar-refractivity contribution >= 4 is 12.6 Å². The molecule has 10 heteroatoms. The Balaban J connectivity index is 2.08. The Morgan fingerprint density at radius 1 is 0.655 bits per heavy atom. The minimum atomic E-state index is -4.65. The van der Waals surface area contributed by atoms with Crippen LogP contribution >= 0.6 is 0 Å². The van der Waals surface area contributed by atoms with Crippen molar-refractivity contribution in [3.05, 3.63) is 72.1 Å². The summed E-state index contributed by atoms with van der Waals surface area (Å²) in [6.07, 6.45) is -6.57. The van der Waals surface area contributed by atoms with Gasteiger partial charge in [-0.25, -0.2) is 0 Å². The van der Waals surface area contributed by atoms with E-state index in [1.165, 1.54) is 30.6 Å². The zero-order valence-corrected chi connectivity index (χ0v) is 14.5. The number of hydrogen-bond acceptors (Lipinski definition) is 3. The number of benzene rings is 2. The van der Waals surface area contributed by atoms with Gasteiger partial charge in [0.05, 0.1) is 11.1 Å². The van der Waals surface area contributed by atoms with Crippen LogP contribution in [-0.4, -0.2) is 22.2 Å². The maximum absolute atomic E-state index is 13.1. The molecule has 0 aliphatic rings. The number of hydrogen-bond donors (Lipinski definition) is 2. The lowest BCUT2D eigenvalue weighted by Crippen LogP contribution is -2.32. The van der Waals surface area contributed by atoms with E-state index in [2.05, 4.69) is 4.98 Å². The van der Waals surface area contributed by atoms with Gasteiger partial charge in [-0.05, 0) is 40.9 Å². The van der Waals surface area contributed by atoms with Crippen LogP contribution in [0.25, 0.3) is 22.3 Å². The summed E-state index contributed by atoms with van der Waals surface area (Å²) < 4.78 is 77.3. The largest absolute Gasteiger partial charge is 0.489 e. The number of rotatable bonds is 3. The molecule has 0 radical (unpaired) electrons. The highest BCUT2D eigenvalue weighted by Gasteiger charge is 2.32. The van der Waals surface area contributed by atoms with Crippen LogP contribution in [0.3, 0.4) is 0 Å². The highest BCUT2D eigenvalue weighted by atomic mass is 19.4. The number of pyridine rings is 1. The second kappa shape index (κ2) is 7.53. The molecule has 3 aromatic rings. The van der Waals surface area contributed by atoms with Crippen molar-refractivity contribution in [2.24, 2.45) is 0 Å². The first-order valence-corrected chi connectivity index (χ1v) is 8.17. The van der Waals surface area contributed by atoms with Gasteiger partial charge in [-0.15, -0.1) is 0 Å². The zero-order valence-electron chi connectivity index (χ0n) is 14.5. The molecule has 1 aromatic heterocycles. The average Bonchev–Trinajstić information content (AvgIpc) is 2.66. The molecule has 2 aromatic carbocycles. The van der Waals surface area contributed by atoms with Crippen LogP contribution < -0.4 is 5.46 Å². The van der Waals surface area contributed by atoms with Gasteiger partial charge in [0.15, 0.2) is 0 Å². The van der Waals surface area contributed by atoms with E-state index in [0.717, 1.165) is 30.3 Å². The van der Waals surface area contributed by atoms with Gasteiger partial charge < -0.3 is 10.0 Å². The van der Waals surface area contributed by atoms with Gasteiger partial charge in [-0.1, -0.05) is 24.3 Å². The Morgan fingerprint density at radius 2 is 1.21 bits per heavy atom. The minimum absolute atomic E-state index is 0.101. The van der Waals surface area contributed by atoms with Gasteiger partial charge >= 0.3 is 19.5 Å². The summed E-state index contributed by atoms with van der Waals surface area (Å²) in [4.78, 5) is 3.93. The number of halogens is 6. The maximum atomic E-state index is 13.1. The first kappa shape index (κ1) is 20.9. The fraction of sp³-hybridized carbons (Fsp3) is 0.105. The Hall–Kier alpha value is -2.85. The molecule has 0 atom stereocenters. The summed E-state index contributed by atoms with van der Waals surface area (Å²) >= 11 is 0. The van der Waals surface area contributed by atoms with E-state index >= 15 is 0 Å². The number of nitrogens with zero attached hydrogens (tertiary/aromatic N) is 1. The van der Waals surface area contributed by atoms with Crippen LogP contribution in [0.1, 0.15) is 11.1 Å². The third-order valence-corrected chi connectivity index (χ3v) is 4.25. The van der Waals surface area contributed by atoms with Gasteiger partial charge in [0.2, 0.25) is 0 Å². The minimum Gasteiger partial charge on any atom is -0.423 e. The summed E-state index contributed by atoms with van der Waals surface area (Å²) in [5, 5.41) is 19.0. The molecule has 2 N–H and O–H groups in total. The van der Waals surface area contributed by atoms with Crippen molar-refractivity contribution < 1.29 is 36.4 Å². The third kappa shape index (κ3) is 4.60. The van der Waals surface area contributed by atoms with Crippen molar-refractivity contribution in [3.8, 4) is 22.3 Å². The van der Waals surface area contributed by atoms with E-state index in [0.29, 0.717) is 11.1 Å². The van der Waals surface area contributed by atoms with Crippen molar-refractivity contribution in [2.75, 3.05) is 0 Å². The molecular weight excluding hydrogens is 399 g/mol. The fourth-order valence-electron chi connectivity index (χ4n) is 2.80. The van der Waals surface area contributed by atoms with Gasteiger partial charge in [-0.2, -0.15) is 26.3 Å². The van der Waals surface area contributed by atoms with Crippen LogP contribution in [-0.2, 0) is 12.4 Å². The second-order valence-electron chi connectivity index (χ2n) is 6.21. The smallest absolute Gasteiger partial charge is 0.423 e. The van der Waals surface area contributed by atoms with E-state index < -0.39 is 30.6 Å². The molecule has 0 amide bonds. The van der Waals surface area contributed by atoms with Gasteiger partial charge in [0.25, 0.3) is 0 Å². The van der Waals surface area contributed by atoms with Crippen LogP contribution in [0, 0.1) is 0 Å². The normalized spacial score (nSPS) is 12.1. The first-order valence-electron chi connectivity index (χ1n) is 8.17. The van der Waals surface area contributed by atoms with E-state index in [9.17, 15) is 36.4 Å². The van der Waals surface area contributed by atoms with Crippen LogP contribution in [0.5, 0.6) is 0 Å². The van der Waals surface area contributed by atoms with Crippen molar-refractivity contribution in [1.82, 2.24) is 4.98 Å². The summed E-state index contributed by atoms with van der Waals surface area (Å²) in [5.41, 5.74) is -1.22. The molecule has 150 valence electrons. The molecule has 0 saturated heterocycles. The molecule has 29 heavy (non-hydrogen) atoms. The SMILES string of the molecule is OB(O)c1ccc(C(F)(F)F)cc1-c1cncc(-c2ccc(C(F)(F)F)cc2)c1. The molecule has 1 heterocycles. The van der Waals surface area contributed by atoms with E-state index in [4.69, 9.17) is 0 Å². The lowest BCUT2D eigenvalue weighted by Gasteiger charge is -2.14. The van der Waals surface area contributed by atoms with E-state index in [1.807, 2.05) is 0 Å². The second-order valence-corrected chi connectivity index (χ2v) is 6.21.